The molecule has 0 bridgehead atoms. The van der Waals surface area contributed by atoms with E-state index >= 15 is 0 Å². The number of aromatic nitrogens is 3. The topological polar surface area (TPSA) is 64.7 Å². The Morgan fingerprint density at radius 3 is 2.60 bits per heavy atom. The van der Waals surface area contributed by atoms with Gasteiger partial charge in [-0.05, 0) is 18.9 Å². The van der Waals surface area contributed by atoms with Gasteiger partial charge >= 0.3 is 0 Å². The van der Waals surface area contributed by atoms with Crippen LogP contribution in [0.3, 0.4) is 0 Å². The lowest BCUT2D eigenvalue weighted by atomic mass is 10.1. The van der Waals surface area contributed by atoms with Gasteiger partial charge in [0.2, 0.25) is 0 Å². The number of hydrogen-bond donors (Lipinski definition) is 1. The molecule has 0 saturated carbocycles. The highest BCUT2D eigenvalue weighted by Crippen LogP contribution is 2.18. The highest BCUT2D eigenvalue weighted by atomic mass is 32.1. The van der Waals surface area contributed by atoms with Gasteiger partial charge in [0, 0.05) is 24.6 Å². The molecular weight excluding hydrogens is 208 g/mol. The van der Waals surface area contributed by atoms with Crippen LogP contribution in [0.2, 0.25) is 0 Å². The van der Waals surface area contributed by atoms with E-state index in [9.17, 15) is 0 Å². The highest BCUT2D eigenvalue weighted by Gasteiger charge is 2.03. The van der Waals surface area contributed by atoms with Crippen LogP contribution in [0.1, 0.15) is 12.5 Å². The molecule has 5 heteroatoms. The Balaban J connectivity index is 2.17. The summed E-state index contributed by atoms with van der Waals surface area (Å²) in [7, 11) is 0. The Bertz CT molecular complexity index is 407. The van der Waals surface area contributed by atoms with Crippen LogP contribution in [-0.4, -0.2) is 21.0 Å². The van der Waals surface area contributed by atoms with Crippen LogP contribution in [0, 0.1) is 0 Å². The molecule has 1 atom stereocenters. The minimum absolute atomic E-state index is 0.142. The van der Waals surface area contributed by atoms with Crippen LogP contribution in [0.15, 0.2) is 24.1 Å². The standard InChI is InChI=1S/C10H12N4S/c1-7(11)2-8-3-13-10(14-4-8)9-5-12-6-15-9/h3-7H,2,11H2,1H3. The lowest BCUT2D eigenvalue weighted by Gasteiger charge is -2.04. The maximum absolute atomic E-state index is 5.69. The molecule has 4 nitrogen and oxygen atoms in total. The SMILES string of the molecule is CC(N)Cc1cnc(-c2cncs2)nc1. The predicted octanol–water partition coefficient (Wildman–Crippen LogP) is 1.49. The monoisotopic (exact) mass is 220 g/mol. The van der Waals surface area contributed by atoms with Crippen molar-refractivity contribution in [2.45, 2.75) is 19.4 Å². The van der Waals surface area contributed by atoms with Gasteiger partial charge in [0.25, 0.3) is 0 Å². The fourth-order valence-corrected chi connectivity index (χ4v) is 1.85. The number of nitrogens with two attached hydrogens (primary N) is 1. The van der Waals surface area contributed by atoms with Crippen molar-refractivity contribution >= 4 is 11.3 Å². The summed E-state index contributed by atoms with van der Waals surface area (Å²) in [5.41, 5.74) is 8.53. The zero-order chi connectivity index (χ0) is 10.7. The van der Waals surface area contributed by atoms with Crippen molar-refractivity contribution in [1.82, 2.24) is 15.0 Å². The van der Waals surface area contributed by atoms with E-state index in [2.05, 4.69) is 15.0 Å². The summed E-state index contributed by atoms with van der Waals surface area (Å²) < 4.78 is 0. The van der Waals surface area contributed by atoms with E-state index < -0.39 is 0 Å². The van der Waals surface area contributed by atoms with Crippen LogP contribution in [0.4, 0.5) is 0 Å². The van der Waals surface area contributed by atoms with E-state index in [4.69, 9.17) is 5.73 Å². The molecule has 0 aliphatic rings. The normalized spacial score (nSPS) is 12.7. The molecule has 2 rings (SSSR count). The van der Waals surface area contributed by atoms with Gasteiger partial charge in [-0.3, -0.25) is 4.98 Å². The molecule has 0 saturated heterocycles. The summed E-state index contributed by atoms with van der Waals surface area (Å²) in [5.74, 6) is 0.728. The molecule has 2 N–H and O–H groups in total. The van der Waals surface area contributed by atoms with Crippen molar-refractivity contribution in [3.8, 4) is 10.7 Å². The van der Waals surface area contributed by atoms with E-state index in [0.29, 0.717) is 0 Å². The van der Waals surface area contributed by atoms with Crippen LogP contribution < -0.4 is 5.73 Å². The van der Waals surface area contributed by atoms with Gasteiger partial charge in [0.1, 0.15) is 0 Å². The van der Waals surface area contributed by atoms with Gasteiger partial charge < -0.3 is 5.73 Å². The molecule has 15 heavy (non-hydrogen) atoms. The third-order valence-corrected chi connectivity index (χ3v) is 2.68. The summed E-state index contributed by atoms with van der Waals surface area (Å²) in [4.78, 5) is 13.5. The Morgan fingerprint density at radius 1 is 1.33 bits per heavy atom. The first kappa shape index (κ1) is 10.2. The Labute approximate surface area is 92.2 Å². The Hall–Kier alpha value is -1.33. The summed E-state index contributed by atoms with van der Waals surface area (Å²) in [5, 5.41) is 0. The number of thiazole rings is 1. The molecule has 0 radical (unpaired) electrons. The first-order valence-corrected chi connectivity index (χ1v) is 5.59. The average molecular weight is 220 g/mol. The molecule has 1 unspecified atom stereocenters. The lowest BCUT2D eigenvalue weighted by molar-refractivity contribution is 0.732. The first-order chi connectivity index (χ1) is 7.25. The molecule has 0 aliphatic heterocycles. The van der Waals surface area contributed by atoms with Crippen molar-refractivity contribution in [2.75, 3.05) is 0 Å². The Morgan fingerprint density at radius 2 is 2.07 bits per heavy atom. The van der Waals surface area contributed by atoms with Gasteiger partial charge in [-0.15, -0.1) is 11.3 Å². The van der Waals surface area contributed by atoms with Crippen LogP contribution >= 0.6 is 11.3 Å². The molecule has 0 spiro atoms. The van der Waals surface area contributed by atoms with Gasteiger partial charge in [-0.2, -0.15) is 0 Å². The quantitative estimate of drug-likeness (QED) is 0.851. The second kappa shape index (κ2) is 4.46. The maximum Gasteiger partial charge on any atom is 0.171 e. The van der Waals surface area contributed by atoms with E-state index in [1.54, 1.807) is 11.7 Å². The molecule has 0 aromatic carbocycles. The second-order valence-electron chi connectivity index (χ2n) is 3.46. The van der Waals surface area contributed by atoms with E-state index in [1.165, 1.54) is 11.3 Å². The zero-order valence-electron chi connectivity index (χ0n) is 8.42. The van der Waals surface area contributed by atoms with Crippen molar-refractivity contribution in [3.05, 3.63) is 29.7 Å². The Kier molecular flexibility index (Phi) is 3.03. The zero-order valence-corrected chi connectivity index (χ0v) is 9.24. The van der Waals surface area contributed by atoms with Crippen molar-refractivity contribution in [3.63, 3.8) is 0 Å². The molecule has 2 aromatic rings. The van der Waals surface area contributed by atoms with Crippen LogP contribution in [0.25, 0.3) is 10.7 Å². The smallest absolute Gasteiger partial charge is 0.171 e. The molecule has 0 amide bonds. The number of rotatable bonds is 3. The molecule has 2 heterocycles. The van der Waals surface area contributed by atoms with E-state index in [1.807, 2.05) is 19.3 Å². The maximum atomic E-state index is 5.69. The largest absolute Gasteiger partial charge is 0.328 e. The molecule has 0 fully saturated rings. The molecule has 0 aliphatic carbocycles. The average Bonchev–Trinajstić information content (AvgIpc) is 2.71. The summed E-state index contributed by atoms with van der Waals surface area (Å²) in [6.45, 7) is 1.97. The lowest BCUT2D eigenvalue weighted by Crippen LogP contribution is -2.17. The van der Waals surface area contributed by atoms with E-state index in [-0.39, 0.29) is 6.04 Å². The third kappa shape index (κ3) is 2.57. The molecular formula is C10H12N4S. The highest BCUT2D eigenvalue weighted by molar-refractivity contribution is 7.13. The van der Waals surface area contributed by atoms with Crippen molar-refractivity contribution in [2.24, 2.45) is 5.73 Å². The van der Waals surface area contributed by atoms with Crippen molar-refractivity contribution < 1.29 is 0 Å². The minimum atomic E-state index is 0.142. The van der Waals surface area contributed by atoms with E-state index in [0.717, 1.165) is 22.7 Å². The summed E-state index contributed by atoms with van der Waals surface area (Å²) >= 11 is 1.53. The summed E-state index contributed by atoms with van der Waals surface area (Å²) in [6, 6.07) is 0.142. The van der Waals surface area contributed by atoms with Gasteiger partial charge in [0.05, 0.1) is 10.4 Å². The van der Waals surface area contributed by atoms with Gasteiger partial charge in [0.15, 0.2) is 5.82 Å². The van der Waals surface area contributed by atoms with Gasteiger partial charge in [-0.1, -0.05) is 0 Å². The number of nitrogens with zero attached hydrogens (tertiary/aromatic N) is 3. The fourth-order valence-electron chi connectivity index (χ4n) is 1.29. The third-order valence-electron chi connectivity index (χ3n) is 1.92. The fraction of sp³-hybridized carbons (Fsp3) is 0.300. The molecule has 78 valence electrons. The predicted molar refractivity (Wildman–Crippen MR) is 60.5 cm³/mol. The summed E-state index contributed by atoms with van der Waals surface area (Å²) in [6.07, 6.45) is 6.23. The molecule has 2 aromatic heterocycles. The first-order valence-electron chi connectivity index (χ1n) is 4.71. The second-order valence-corrected chi connectivity index (χ2v) is 4.35. The number of hydrogen-bond acceptors (Lipinski definition) is 5. The van der Waals surface area contributed by atoms with Crippen LogP contribution in [-0.2, 0) is 6.42 Å². The van der Waals surface area contributed by atoms with Gasteiger partial charge in [-0.25, -0.2) is 9.97 Å². The minimum Gasteiger partial charge on any atom is -0.328 e. The van der Waals surface area contributed by atoms with Crippen molar-refractivity contribution in [1.29, 1.82) is 0 Å². The van der Waals surface area contributed by atoms with Crippen LogP contribution in [0.5, 0.6) is 0 Å².